The Labute approximate surface area is 266 Å². The van der Waals surface area contributed by atoms with E-state index in [2.05, 4.69) is 0 Å². The molecule has 0 aromatic carbocycles. The summed E-state index contributed by atoms with van der Waals surface area (Å²) in [7, 11) is 0. The van der Waals surface area contributed by atoms with Gasteiger partial charge in [0.25, 0.3) is 0 Å². The summed E-state index contributed by atoms with van der Waals surface area (Å²) in [6, 6.07) is 0. The van der Waals surface area contributed by atoms with Crippen LogP contribution in [0.25, 0.3) is 0 Å². The monoisotopic (exact) mass is 614 g/mol. The molecule has 0 rings (SSSR count). The van der Waals surface area contributed by atoms with Crippen LogP contribution in [-0.4, -0.2) is 230 Å². The molecule has 0 saturated carbocycles. The molecule has 0 aliphatic rings. The fourth-order valence-corrected chi connectivity index (χ4v) is 4.48. The Morgan fingerprint density at radius 1 is 0.390 bits per heavy atom. The zero-order valence-electron chi connectivity index (χ0n) is 22.2. The van der Waals surface area contributed by atoms with Crippen molar-refractivity contribution in [1.82, 2.24) is 19.6 Å². The number of aliphatic carboxylic acids is 8. The molecule has 0 aliphatic carbocycles. The summed E-state index contributed by atoms with van der Waals surface area (Å²) in [4.78, 5) is 90.0. The standard InChI is InChI=1S/C10H16N2O8.C9H12N2O8.2Na/c13-7(14)3-11(4-8(15)16)1-2-12(5-9(17)18)6-10(19)20;12-6(13)1-10(2-7(14)15)5-11(3-8(16)17)4-9(18)19;;/h1-6H2,(H,13,14)(H,15,16)(H,17,18)(H,19,20);1-4H2,(H,12,13)(H,14,15)(H,16,17)(H,18,19);;. The van der Waals surface area contributed by atoms with Crippen molar-refractivity contribution in [3.05, 3.63) is 0 Å². The second-order valence-electron chi connectivity index (χ2n) is 8.78. The van der Waals surface area contributed by atoms with Crippen molar-refractivity contribution in [1.29, 1.82) is 0 Å². The van der Waals surface area contributed by atoms with E-state index in [0.717, 1.165) is 19.6 Å². The molecule has 22 heteroatoms. The number of nitrogens with zero attached hydrogens (tertiary/aromatic N) is 4. The fourth-order valence-electron chi connectivity index (χ4n) is 3.21. The number of carboxylic acids is 8. The predicted octanol–water partition coefficient (Wildman–Crippen LogP) is -5.19. The zero-order chi connectivity index (χ0) is 32.5. The molecule has 0 atom stereocenters. The average Bonchev–Trinajstić information content (AvgIpc) is 2.74. The van der Waals surface area contributed by atoms with Gasteiger partial charge in [-0.05, 0) is 0 Å². The fraction of sp³-hybridized carbons (Fsp3) is 0.579. The molecule has 0 saturated heterocycles. The molecule has 0 aromatic rings. The third-order valence-corrected chi connectivity index (χ3v) is 7.55. The van der Waals surface area contributed by atoms with Gasteiger partial charge in [-0.25, -0.2) is 0 Å². The van der Waals surface area contributed by atoms with Crippen molar-refractivity contribution in [3.63, 3.8) is 0 Å². The van der Waals surface area contributed by atoms with Crippen LogP contribution in [0, 0.1) is 0 Å². The topological polar surface area (TPSA) is 311 Å². The van der Waals surface area contributed by atoms with Gasteiger partial charge in [0, 0.05) is 13.1 Å². The van der Waals surface area contributed by atoms with E-state index >= 15 is 0 Å². The quantitative estimate of drug-likeness (QED) is 0.0442. The summed E-state index contributed by atoms with van der Waals surface area (Å²) >= 11 is 0.393. The predicted molar refractivity (Wildman–Crippen MR) is 131 cm³/mol. The first kappa shape index (κ1) is 40.7. The molecular weight excluding hydrogens is 586 g/mol. The van der Waals surface area contributed by atoms with Gasteiger partial charge in [0.1, 0.15) is 0 Å². The van der Waals surface area contributed by atoms with Crippen molar-refractivity contribution in [2.24, 2.45) is 0 Å². The van der Waals surface area contributed by atoms with Gasteiger partial charge >= 0.3 is 179 Å². The van der Waals surface area contributed by atoms with E-state index in [1.54, 1.807) is 0 Å². The minimum Gasteiger partial charge on any atom is -0.480 e. The zero-order valence-corrected chi connectivity index (χ0v) is 26.2. The number of carboxylic acid groups (broad SMARTS) is 8. The van der Waals surface area contributed by atoms with E-state index in [4.69, 9.17) is 40.9 Å². The van der Waals surface area contributed by atoms with E-state index < -0.39 is 100 Å². The van der Waals surface area contributed by atoms with E-state index in [1.165, 1.54) is 0 Å². The molecule has 0 amide bonds. The maximum absolute atomic E-state index is 10.8. The number of rotatable bonds is 21. The Kier molecular flexibility index (Phi) is 20.3. The third kappa shape index (κ3) is 21.9. The molecule has 0 radical (unpaired) electrons. The number of carbonyl (C=O) groups is 8. The van der Waals surface area contributed by atoms with Gasteiger partial charge in [0.15, 0.2) is 0 Å². The molecule has 0 bridgehead atoms. The summed E-state index contributed by atoms with van der Waals surface area (Å²) in [5.74, 6) is -9.97. The number of hydrogen-bond acceptors (Lipinski definition) is 12. The Bertz CT molecular complexity index is 841. The van der Waals surface area contributed by atoms with Crippen molar-refractivity contribution in [2.75, 3.05) is 65.4 Å². The van der Waals surface area contributed by atoms with Crippen molar-refractivity contribution < 1.29 is 79.2 Å². The van der Waals surface area contributed by atoms with Crippen LogP contribution >= 0.6 is 0 Å². The van der Waals surface area contributed by atoms with Crippen LogP contribution in [0.4, 0.5) is 0 Å². The normalized spacial score (nSPS) is 11.2. The van der Waals surface area contributed by atoms with Gasteiger partial charge in [0.2, 0.25) is 0 Å². The molecule has 20 nitrogen and oxygen atoms in total. The van der Waals surface area contributed by atoms with Gasteiger partial charge in [-0.2, -0.15) is 0 Å². The molecule has 0 aromatic heterocycles. The van der Waals surface area contributed by atoms with Crippen LogP contribution < -0.4 is 0 Å². The first-order chi connectivity index (χ1) is 18.7. The van der Waals surface area contributed by atoms with Crippen LogP contribution in [0.5, 0.6) is 0 Å². The molecule has 0 unspecified atom stereocenters. The van der Waals surface area contributed by atoms with Crippen LogP contribution in [0.2, 0.25) is 0 Å². The molecule has 0 fully saturated rings. The molecule has 222 valence electrons. The second-order valence-corrected chi connectivity index (χ2v) is 14.6. The third-order valence-electron chi connectivity index (χ3n) is 5.02. The molecule has 41 heavy (non-hydrogen) atoms. The Morgan fingerprint density at radius 2 is 0.561 bits per heavy atom. The molecule has 0 spiro atoms. The minimum atomic E-state index is -1.27. The Balaban J connectivity index is 0. The summed E-state index contributed by atoms with van der Waals surface area (Å²) in [5, 5.41) is 69.9. The average molecular weight is 614 g/mol. The van der Waals surface area contributed by atoms with Crippen molar-refractivity contribution in [2.45, 2.75) is 0.162 Å². The molecule has 8 N–H and O–H groups in total. The smallest absolute Gasteiger partial charge is 0.317 e. The Hall–Kier alpha value is -2.40. The summed E-state index contributed by atoms with van der Waals surface area (Å²) in [5.41, 5.74) is 0. The van der Waals surface area contributed by atoms with Gasteiger partial charge in [-0.15, -0.1) is 0 Å². The minimum absolute atomic E-state index is 0.0703. The van der Waals surface area contributed by atoms with Crippen LogP contribution in [-0.2, 0) is 38.4 Å². The summed E-state index contributed by atoms with van der Waals surface area (Å²) in [6.45, 7) is -4.66. The molecular formula is C19H28N4Na2O16. The van der Waals surface area contributed by atoms with Crippen LogP contribution in [0.15, 0.2) is 0 Å². The van der Waals surface area contributed by atoms with E-state index in [0.29, 0.717) is 0 Å². The van der Waals surface area contributed by atoms with E-state index in [-0.39, 0.29) is 69.0 Å². The largest absolute Gasteiger partial charge is 0.480 e. The first-order valence-electron chi connectivity index (χ1n) is 11.4. The van der Waals surface area contributed by atoms with Crippen molar-refractivity contribution >= 4 is 104 Å². The van der Waals surface area contributed by atoms with Crippen LogP contribution in [0.3, 0.4) is 0 Å². The van der Waals surface area contributed by atoms with Gasteiger partial charge in [0.05, 0.1) is 26.2 Å². The SMILES string of the molecule is O=C(O)CN(CC(=O)O)[C]([Na])([Na])N(CC(=O)O)CC(=O)O.O=C(O)CN(CCN(CC(=O)O)CC(=O)O)CC(=O)O. The molecule has 0 aliphatic heterocycles. The maximum atomic E-state index is 10.8. The first-order valence-corrected chi connectivity index (χ1v) is 13.4. The van der Waals surface area contributed by atoms with Crippen molar-refractivity contribution in [3.8, 4) is 0 Å². The maximum Gasteiger partial charge on any atom is 0.317 e. The number of hydrogen-bond donors (Lipinski definition) is 8. The summed E-state index contributed by atoms with van der Waals surface area (Å²) in [6.07, 6.45) is 0. The van der Waals surface area contributed by atoms with Gasteiger partial charge in [-0.1, -0.05) is 0 Å². The second kappa shape index (κ2) is 20.5. The van der Waals surface area contributed by atoms with E-state index in [9.17, 15) is 38.4 Å². The van der Waals surface area contributed by atoms with Crippen LogP contribution in [0.1, 0.15) is 0 Å². The molecule has 0 heterocycles. The summed E-state index contributed by atoms with van der Waals surface area (Å²) < 4.78 is -1.12. The van der Waals surface area contributed by atoms with E-state index in [1.807, 2.05) is 0 Å². The van der Waals surface area contributed by atoms with Gasteiger partial charge in [-0.3, -0.25) is 29.0 Å². The van der Waals surface area contributed by atoms with Gasteiger partial charge < -0.3 is 20.4 Å². The Morgan fingerprint density at radius 3 is 0.707 bits per heavy atom.